The molecule has 1 aliphatic carbocycles. The predicted molar refractivity (Wildman–Crippen MR) is 79.6 cm³/mol. The molecule has 2 aliphatic heterocycles. The highest BCUT2D eigenvalue weighted by Crippen LogP contribution is 2.79. The first-order chi connectivity index (χ1) is 11.4. The van der Waals surface area contributed by atoms with Gasteiger partial charge >= 0.3 is 5.91 Å². The topological polar surface area (TPSA) is 106 Å². The zero-order valence-corrected chi connectivity index (χ0v) is 13.4. The first kappa shape index (κ1) is 15.3. The van der Waals surface area contributed by atoms with Gasteiger partial charge in [-0.2, -0.15) is 10.5 Å². The van der Waals surface area contributed by atoms with Crippen molar-refractivity contribution in [2.24, 2.45) is 16.6 Å². The summed E-state index contributed by atoms with van der Waals surface area (Å²) < 4.78 is 26.0. The molecule has 3 N–H and O–H groups in total. The highest BCUT2D eigenvalue weighted by Gasteiger charge is 2.98. The Morgan fingerprint density at radius 1 is 1.42 bits per heavy atom. The zero-order chi connectivity index (χ0) is 17.3. The van der Waals surface area contributed by atoms with Gasteiger partial charge in [0.25, 0.3) is 5.84 Å². The summed E-state index contributed by atoms with van der Waals surface area (Å²) in [5.74, 6) is -3.04. The molecule has 24 heavy (non-hydrogen) atoms. The van der Waals surface area contributed by atoms with Gasteiger partial charge in [-0.3, -0.25) is 5.73 Å². The molecule has 0 aromatic heterocycles. The molecule has 1 spiro atoms. The summed E-state index contributed by atoms with van der Waals surface area (Å²) in [5, 5.41) is 19.9. The maximum Gasteiger partial charge on any atom is 0.343 e. The van der Waals surface area contributed by atoms with Crippen molar-refractivity contribution in [2.45, 2.75) is 24.9 Å². The molecule has 2 heterocycles. The van der Waals surface area contributed by atoms with E-state index in [2.05, 4.69) is 17.1 Å². The van der Waals surface area contributed by atoms with E-state index in [4.69, 9.17) is 26.8 Å². The Hall–Kier alpha value is -2.19. The minimum absolute atomic E-state index is 0.0324. The number of ether oxygens (including phenoxy) is 2. The van der Waals surface area contributed by atoms with Crippen LogP contribution in [0.2, 0.25) is 5.02 Å². The van der Waals surface area contributed by atoms with Crippen LogP contribution in [0.25, 0.3) is 0 Å². The third-order valence-electron chi connectivity index (χ3n) is 5.18. The number of nitrogens with one attached hydrogen (secondary N) is 1. The smallest absolute Gasteiger partial charge is 0.311 e. The fourth-order valence-corrected chi connectivity index (χ4v) is 4.46. The van der Waals surface area contributed by atoms with Crippen molar-refractivity contribution >= 4 is 17.4 Å². The number of rotatable bonds is 1. The largest absolute Gasteiger partial charge is 0.343 e. The lowest BCUT2D eigenvalue weighted by molar-refractivity contribution is -0.677. The van der Waals surface area contributed by atoms with Gasteiger partial charge in [-0.1, -0.05) is 17.7 Å². The second-order valence-electron chi connectivity index (χ2n) is 6.30. The van der Waals surface area contributed by atoms with E-state index in [1.165, 1.54) is 18.2 Å². The summed E-state index contributed by atoms with van der Waals surface area (Å²) >= 11 is 6.17. The number of nitrogens with two attached hydrogens (primary N) is 1. The number of amidine groups is 1. The third kappa shape index (κ3) is 1.36. The molecule has 1 saturated carbocycles. The van der Waals surface area contributed by atoms with Crippen molar-refractivity contribution in [3.63, 3.8) is 0 Å². The van der Waals surface area contributed by atoms with E-state index < -0.39 is 28.5 Å². The number of hydrogen-bond acceptors (Lipinski definition) is 5. The quantitative estimate of drug-likeness (QED) is 0.751. The molecule has 0 radical (unpaired) electrons. The molecule has 1 saturated heterocycles. The molecule has 122 valence electrons. The molecule has 0 amide bonds. The second kappa shape index (κ2) is 4.46. The van der Waals surface area contributed by atoms with Crippen molar-refractivity contribution in [2.75, 3.05) is 6.61 Å². The van der Waals surface area contributed by atoms with E-state index >= 15 is 0 Å². The first-order valence-corrected chi connectivity index (χ1v) is 7.77. The molecular formula is C16H13ClFN4O2+. The van der Waals surface area contributed by atoms with Gasteiger partial charge in [0, 0.05) is 10.6 Å². The van der Waals surface area contributed by atoms with E-state index in [-0.39, 0.29) is 29.1 Å². The zero-order valence-electron chi connectivity index (χ0n) is 12.6. The van der Waals surface area contributed by atoms with Gasteiger partial charge in [0.2, 0.25) is 0 Å². The van der Waals surface area contributed by atoms with Crippen LogP contribution in [-0.2, 0) is 9.47 Å². The number of nitriles is 2. The molecule has 1 aromatic carbocycles. The maximum atomic E-state index is 14.5. The van der Waals surface area contributed by atoms with Gasteiger partial charge in [-0.15, -0.1) is 0 Å². The molecule has 0 bridgehead atoms. The van der Waals surface area contributed by atoms with Crippen LogP contribution in [0.15, 0.2) is 18.2 Å². The summed E-state index contributed by atoms with van der Waals surface area (Å²) in [7, 11) is 0. The molecule has 3 aliphatic rings. The lowest BCUT2D eigenvalue weighted by Crippen LogP contribution is -2.90. The highest BCUT2D eigenvalue weighted by molar-refractivity contribution is 6.31. The molecule has 8 heteroatoms. The van der Waals surface area contributed by atoms with Crippen molar-refractivity contribution in [3.8, 4) is 12.1 Å². The van der Waals surface area contributed by atoms with Crippen molar-refractivity contribution in [1.29, 1.82) is 10.5 Å². The van der Waals surface area contributed by atoms with Crippen LogP contribution < -0.4 is 10.7 Å². The molecule has 4 rings (SSSR count). The third-order valence-corrected chi connectivity index (χ3v) is 5.51. The Kier molecular flexibility index (Phi) is 2.85. The molecule has 5 atom stereocenters. The van der Waals surface area contributed by atoms with E-state index in [1.54, 1.807) is 6.92 Å². The second-order valence-corrected chi connectivity index (χ2v) is 6.71. The Morgan fingerprint density at radius 2 is 2.17 bits per heavy atom. The van der Waals surface area contributed by atoms with Crippen LogP contribution in [0.5, 0.6) is 0 Å². The normalized spacial score (nSPS) is 42.3. The van der Waals surface area contributed by atoms with Crippen LogP contribution in [0, 0.1) is 39.3 Å². The summed E-state index contributed by atoms with van der Waals surface area (Å²) in [6.45, 7) is 2.00. The van der Waals surface area contributed by atoms with Gasteiger partial charge in [0.15, 0.2) is 10.8 Å². The number of benzene rings is 1. The molecular weight excluding hydrogens is 335 g/mol. The van der Waals surface area contributed by atoms with Gasteiger partial charge in [-0.05, 0) is 19.1 Å². The minimum atomic E-state index is -1.59. The van der Waals surface area contributed by atoms with Crippen molar-refractivity contribution < 1.29 is 18.9 Å². The number of fused-ring (bicyclic) bond motifs is 2. The standard InChI is InChI=1S/C16H12ClFN4O2/c1-8-5-23-16(24-8)15(7-20)12(14(15,6-19)13(21)22-16)11-9(17)3-2-4-10(11)18/h2-4,8,12H,5H2,1H3,(H2,21,22)/p+1/t8-,12+,14+,15+,16-/m0/s1. The summed E-state index contributed by atoms with van der Waals surface area (Å²) in [4.78, 5) is 2.82. The fourth-order valence-electron chi connectivity index (χ4n) is 4.18. The fraction of sp³-hybridized carbons (Fsp3) is 0.438. The lowest BCUT2D eigenvalue weighted by Gasteiger charge is -2.24. The summed E-state index contributed by atoms with van der Waals surface area (Å²) in [6.07, 6.45) is -0.303. The van der Waals surface area contributed by atoms with Gasteiger partial charge < -0.3 is 9.47 Å². The first-order valence-electron chi connectivity index (χ1n) is 7.39. The van der Waals surface area contributed by atoms with E-state index in [0.717, 1.165) is 0 Å². The number of hydrogen-bond donors (Lipinski definition) is 2. The Labute approximate surface area is 142 Å². The molecule has 6 nitrogen and oxygen atoms in total. The maximum absolute atomic E-state index is 14.5. The molecule has 0 unspecified atom stereocenters. The van der Waals surface area contributed by atoms with Crippen LogP contribution in [0.1, 0.15) is 18.4 Å². The van der Waals surface area contributed by atoms with E-state index in [0.29, 0.717) is 0 Å². The summed E-state index contributed by atoms with van der Waals surface area (Å²) in [5.41, 5.74) is 3.15. The Morgan fingerprint density at radius 3 is 2.71 bits per heavy atom. The minimum Gasteiger partial charge on any atom is -0.311 e. The van der Waals surface area contributed by atoms with Gasteiger partial charge in [0.1, 0.15) is 5.82 Å². The van der Waals surface area contributed by atoms with Crippen molar-refractivity contribution in [3.05, 3.63) is 34.6 Å². The Balaban J connectivity index is 1.98. The predicted octanol–water partition coefficient (Wildman–Crippen LogP) is 0.137. The molecule has 1 aromatic rings. The van der Waals surface area contributed by atoms with Crippen LogP contribution in [0.3, 0.4) is 0 Å². The summed E-state index contributed by atoms with van der Waals surface area (Å²) in [6, 6.07) is 8.44. The molecule has 2 fully saturated rings. The highest BCUT2D eigenvalue weighted by atomic mass is 35.5. The number of halogens is 2. The van der Waals surface area contributed by atoms with Crippen LogP contribution in [0.4, 0.5) is 4.39 Å². The van der Waals surface area contributed by atoms with Gasteiger partial charge in [0.05, 0.1) is 30.8 Å². The van der Waals surface area contributed by atoms with Gasteiger partial charge in [-0.25, -0.2) is 9.38 Å². The lowest BCUT2D eigenvalue weighted by atomic mass is 9.93. The van der Waals surface area contributed by atoms with E-state index in [9.17, 15) is 14.9 Å². The van der Waals surface area contributed by atoms with Crippen molar-refractivity contribution in [1.82, 2.24) is 0 Å². The average molecular weight is 348 g/mol. The number of nitrogens with zero attached hydrogens (tertiary/aromatic N) is 2. The Bertz CT molecular complexity index is 858. The van der Waals surface area contributed by atoms with E-state index in [1.807, 2.05) is 0 Å². The SMILES string of the molecule is C[C@H]1CO[C@]2([NH+]=C(N)[C@@]3(C#N)[C@@H](c4c(F)cccc4Cl)[C@@]23C#N)O1. The van der Waals surface area contributed by atoms with Crippen LogP contribution >= 0.6 is 11.6 Å². The average Bonchev–Trinajstić information content (AvgIpc) is 2.89. The van der Waals surface area contributed by atoms with Crippen LogP contribution in [-0.4, -0.2) is 24.5 Å². The monoisotopic (exact) mass is 347 g/mol.